The second-order valence-electron chi connectivity index (χ2n) is 6.80. The fraction of sp³-hybridized carbons (Fsp3) is 0.318. The summed E-state index contributed by atoms with van der Waals surface area (Å²) in [4.78, 5) is 0. The molecule has 0 amide bonds. The Morgan fingerprint density at radius 1 is 1.08 bits per heavy atom. The van der Waals surface area contributed by atoms with Gasteiger partial charge in [0.1, 0.15) is 0 Å². The molecule has 0 unspecified atom stereocenters. The second-order valence-corrected chi connectivity index (χ2v) is 10.5. The van der Waals surface area contributed by atoms with E-state index in [-0.39, 0.29) is 0 Å². The van der Waals surface area contributed by atoms with Crippen molar-refractivity contribution < 1.29 is 20.8 Å². The third kappa shape index (κ3) is 5.25. The van der Waals surface area contributed by atoms with Gasteiger partial charge in [-0.05, 0) is 36.8 Å². The van der Waals surface area contributed by atoms with E-state index < -0.39 is 20.8 Å². The number of hydrogen-bond donors (Lipinski definition) is 0. The first-order valence-electron chi connectivity index (χ1n) is 8.75. The van der Waals surface area contributed by atoms with E-state index in [1.54, 1.807) is 0 Å². The van der Waals surface area contributed by atoms with Crippen LogP contribution < -0.4 is 0 Å². The van der Waals surface area contributed by atoms with Crippen LogP contribution in [0.15, 0.2) is 48.5 Å². The van der Waals surface area contributed by atoms with Crippen LogP contribution in [0.1, 0.15) is 37.5 Å². The summed E-state index contributed by atoms with van der Waals surface area (Å²) in [5.74, 6) is 0.698. The number of benzene rings is 2. The Hall–Kier alpha value is -0.487. The van der Waals surface area contributed by atoms with Gasteiger partial charge in [0.2, 0.25) is 0 Å². The fourth-order valence-corrected chi connectivity index (χ4v) is 3.44. The minimum atomic E-state index is -0.826. The van der Waals surface area contributed by atoms with Gasteiger partial charge in [-0.3, -0.25) is 0 Å². The van der Waals surface area contributed by atoms with Crippen molar-refractivity contribution in [3.8, 4) is 11.1 Å². The molecule has 0 bridgehead atoms. The summed E-state index contributed by atoms with van der Waals surface area (Å²) in [5, 5.41) is 2.80. The number of halogens is 2. The molecule has 25 heavy (non-hydrogen) atoms. The van der Waals surface area contributed by atoms with Crippen LogP contribution in [0.3, 0.4) is 0 Å². The topological polar surface area (TPSA) is 0 Å². The third-order valence-corrected chi connectivity index (χ3v) is 4.48. The molecule has 0 aromatic heterocycles. The summed E-state index contributed by atoms with van der Waals surface area (Å²) in [6.45, 7) is 9.04. The molecule has 3 heteroatoms. The molecule has 0 aliphatic carbocycles. The zero-order valence-corrected chi connectivity index (χ0v) is 19.3. The van der Waals surface area contributed by atoms with Crippen molar-refractivity contribution in [3.05, 3.63) is 65.2 Å². The van der Waals surface area contributed by atoms with E-state index in [0.717, 1.165) is 12.8 Å². The van der Waals surface area contributed by atoms with Crippen molar-refractivity contribution in [2.45, 2.75) is 40.5 Å². The average Bonchev–Trinajstić information content (AvgIpc) is 2.97. The number of hydrogen-bond acceptors (Lipinski definition) is 0. The molecule has 0 heterocycles. The van der Waals surface area contributed by atoms with Crippen molar-refractivity contribution in [3.63, 3.8) is 0 Å². The Morgan fingerprint density at radius 2 is 1.76 bits per heavy atom. The van der Waals surface area contributed by atoms with Gasteiger partial charge in [0.05, 0.1) is 0 Å². The summed E-state index contributed by atoms with van der Waals surface area (Å²) in [6.07, 6.45) is 2.23. The zero-order valence-electron chi connectivity index (χ0n) is 15.4. The van der Waals surface area contributed by atoms with E-state index in [4.69, 9.17) is 17.0 Å². The maximum atomic E-state index is 4.93. The molecule has 0 atom stereocenters. The molecule has 0 aliphatic heterocycles. The van der Waals surface area contributed by atoms with Gasteiger partial charge in [-0.25, -0.2) is 0 Å². The average molecular weight is 452 g/mol. The molecular weight excluding hydrogens is 426 g/mol. The van der Waals surface area contributed by atoms with Gasteiger partial charge in [0, 0.05) is 0 Å². The Bertz CT molecular complexity index is 818. The molecule has 3 rings (SSSR count). The molecule has 0 fully saturated rings. The van der Waals surface area contributed by atoms with Crippen molar-refractivity contribution in [1.82, 2.24) is 0 Å². The Morgan fingerprint density at radius 3 is 2.36 bits per heavy atom. The summed E-state index contributed by atoms with van der Waals surface area (Å²) in [5.41, 5.74) is 7.09. The zero-order chi connectivity index (χ0) is 18.4. The van der Waals surface area contributed by atoms with E-state index in [9.17, 15) is 0 Å². The van der Waals surface area contributed by atoms with E-state index in [0.29, 0.717) is 5.92 Å². The van der Waals surface area contributed by atoms with E-state index in [1.165, 1.54) is 38.6 Å². The van der Waals surface area contributed by atoms with Gasteiger partial charge >= 0.3 is 37.9 Å². The van der Waals surface area contributed by atoms with Crippen LogP contribution in [0.25, 0.3) is 21.9 Å². The van der Waals surface area contributed by atoms with E-state index in [1.807, 2.05) is 0 Å². The van der Waals surface area contributed by atoms with Crippen molar-refractivity contribution in [2.24, 2.45) is 5.92 Å². The number of aryl methyl sites for hydroxylation is 2. The molecule has 0 spiro atoms. The summed E-state index contributed by atoms with van der Waals surface area (Å²) in [6, 6.07) is 18.1. The summed E-state index contributed by atoms with van der Waals surface area (Å²) >= 11 is -0.826. The van der Waals surface area contributed by atoms with Crippen LogP contribution in [0.4, 0.5) is 0 Å². The standard InChI is InChI=1S/C22H25.2ClH.Zr/c1-5-18-10-11-19-13-17(12-15(2)3)14-21(19)22(18)20-9-7-6-8-16(20)4;;;/h6-11,13-15H,5,12H2,1-4H3;2*1H;/q-1;;;+2/p-2. The molecule has 132 valence electrons. The third-order valence-electron chi connectivity index (χ3n) is 4.48. The van der Waals surface area contributed by atoms with E-state index >= 15 is 0 Å². The van der Waals surface area contributed by atoms with Crippen LogP contribution in [-0.4, -0.2) is 0 Å². The number of fused-ring (bicyclic) bond motifs is 1. The molecule has 0 saturated heterocycles. The molecular formula is C22H25Cl2Zr-. The van der Waals surface area contributed by atoms with Gasteiger partial charge in [-0.15, -0.1) is 34.5 Å². The molecule has 0 radical (unpaired) electrons. The monoisotopic (exact) mass is 449 g/mol. The van der Waals surface area contributed by atoms with Gasteiger partial charge in [0.25, 0.3) is 0 Å². The first-order chi connectivity index (χ1) is 12.0. The van der Waals surface area contributed by atoms with Crippen molar-refractivity contribution >= 4 is 27.8 Å². The number of rotatable bonds is 4. The van der Waals surface area contributed by atoms with Crippen molar-refractivity contribution in [1.29, 1.82) is 0 Å². The van der Waals surface area contributed by atoms with Gasteiger partial charge in [-0.1, -0.05) is 56.2 Å². The SMILES string of the molecule is CCc1ccc2[cH-]c(CC(C)C)cc2c1-c1ccccc1C.[Cl][Zr][Cl]. The molecule has 0 aliphatic rings. The molecule has 0 N–H and O–H groups in total. The normalized spacial score (nSPS) is 10.7. The van der Waals surface area contributed by atoms with Crippen molar-refractivity contribution in [2.75, 3.05) is 0 Å². The first-order valence-corrected chi connectivity index (χ1v) is 15.1. The van der Waals surface area contributed by atoms with Gasteiger partial charge in [0.15, 0.2) is 0 Å². The van der Waals surface area contributed by atoms with Crippen LogP contribution in [0, 0.1) is 12.8 Å². The van der Waals surface area contributed by atoms with Crippen LogP contribution in [0.2, 0.25) is 0 Å². The van der Waals surface area contributed by atoms with E-state index in [2.05, 4.69) is 76.2 Å². The Balaban J connectivity index is 0.000000701. The summed E-state index contributed by atoms with van der Waals surface area (Å²) in [7, 11) is 9.87. The van der Waals surface area contributed by atoms with Crippen LogP contribution >= 0.6 is 17.0 Å². The molecule has 3 aromatic rings. The Kier molecular flexibility index (Phi) is 8.33. The van der Waals surface area contributed by atoms with Crippen LogP contribution in [-0.2, 0) is 33.7 Å². The second kappa shape index (κ2) is 10.0. The predicted octanol–water partition coefficient (Wildman–Crippen LogP) is 7.67. The molecule has 0 saturated carbocycles. The van der Waals surface area contributed by atoms with Gasteiger partial charge in [-0.2, -0.15) is 6.07 Å². The Labute approximate surface area is 170 Å². The predicted molar refractivity (Wildman–Crippen MR) is 109 cm³/mol. The minimum absolute atomic E-state index is 0.698. The fourth-order valence-electron chi connectivity index (χ4n) is 3.44. The molecule has 0 nitrogen and oxygen atoms in total. The quantitative estimate of drug-likeness (QED) is 0.357. The maximum absolute atomic E-state index is 4.93. The first kappa shape index (κ1) is 20.8. The molecule has 3 aromatic carbocycles. The summed E-state index contributed by atoms with van der Waals surface area (Å²) < 4.78 is 0. The van der Waals surface area contributed by atoms with Crippen LogP contribution in [0.5, 0.6) is 0 Å². The van der Waals surface area contributed by atoms with Gasteiger partial charge < -0.3 is 0 Å².